The Hall–Kier alpha value is -2.38. The van der Waals surface area contributed by atoms with Crippen LogP contribution in [0.25, 0.3) is 0 Å². The smallest absolute Gasteiger partial charge is 0.294 e. The highest BCUT2D eigenvalue weighted by Gasteiger charge is 2.13. The molecule has 0 radical (unpaired) electrons. The van der Waals surface area contributed by atoms with Crippen LogP contribution in [-0.4, -0.2) is 24.0 Å². The second kappa shape index (κ2) is 5.32. The molecule has 104 valence electrons. The summed E-state index contributed by atoms with van der Waals surface area (Å²) in [6.07, 6.45) is 0. The van der Waals surface area contributed by atoms with Crippen molar-refractivity contribution in [1.29, 1.82) is 0 Å². The van der Waals surface area contributed by atoms with E-state index >= 15 is 0 Å². The average Bonchev–Trinajstić information content (AvgIpc) is 2.38. The van der Waals surface area contributed by atoms with E-state index in [2.05, 4.69) is 5.32 Å². The van der Waals surface area contributed by atoms with E-state index in [1.807, 2.05) is 0 Å². The summed E-state index contributed by atoms with van der Waals surface area (Å²) in [5.41, 5.74) is 0.248. The first-order valence-corrected chi connectivity index (χ1v) is 6.99. The fourth-order valence-electron chi connectivity index (χ4n) is 1.60. The summed E-state index contributed by atoms with van der Waals surface area (Å²) in [5, 5.41) is 12.0. The number of anilines is 1. The highest BCUT2D eigenvalue weighted by molar-refractivity contribution is 7.85. The van der Waals surface area contributed by atoms with Crippen molar-refractivity contribution >= 4 is 21.7 Å². The van der Waals surface area contributed by atoms with E-state index < -0.39 is 16.0 Å². The third-order valence-electron chi connectivity index (χ3n) is 2.54. The van der Waals surface area contributed by atoms with Crippen molar-refractivity contribution in [3.63, 3.8) is 0 Å². The van der Waals surface area contributed by atoms with Crippen LogP contribution < -0.4 is 5.32 Å². The molecule has 7 heteroatoms. The van der Waals surface area contributed by atoms with Crippen LogP contribution >= 0.6 is 0 Å². The fraction of sp³-hybridized carbons (Fsp3) is 0. The highest BCUT2D eigenvalue weighted by Crippen LogP contribution is 2.19. The number of hydrogen-bond donors (Lipinski definition) is 3. The van der Waals surface area contributed by atoms with Gasteiger partial charge in [0.05, 0.1) is 10.5 Å². The van der Waals surface area contributed by atoms with Crippen LogP contribution in [0.1, 0.15) is 10.4 Å². The molecule has 2 aromatic rings. The number of amides is 1. The molecule has 0 spiro atoms. The van der Waals surface area contributed by atoms with Crippen LogP contribution in [0.4, 0.5) is 5.69 Å². The van der Waals surface area contributed by atoms with Gasteiger partial charge in [-0.05, 0) is 30.3 Å². The maximum atomic E-state index is 11.9. The van der Waals surface area contributed by atoms with E-state index in [9.17, 15) is 18.3 Å². The van der Waals surface area contributed by atoms with E-state index in [0.29, 0.717) is 0 Å². The largest absolute Gasteiger partial charge is 0.507 e. The SMILES string of the molecule is O=C(Nc1cccc(S(=O)(=O)O)c1)c1ccccc1O. The minimum Gasteiger partial charge on any atom is -0.507 e. The Balaban J connectivity index is 2.27. The number of benzene rings is 2. The summed E-state index contributed by atoms with van der Waals surface area (Å²) in [7, 11) is -4.33. The molecule has 0 saturated heterocycles. The van der Waals surface area contributed by atoms with Crippen molar-refractivity contribution in [3.05, 3.63) is 54.1 Å². The molecule has 2 rings (SSSR count). The van der Waals surface area contributed by atoms with Crippen molar-refractivity contribution in [2.24, 2.45) is 0 Å². The molecule has 2 aromatic carbocycles. The van der Waals surface area contributed by atoms with Crippen LogP contribution in [0.15, 0.2) is 53.4 Å². The van der Waals surface area contributed by atoms with Crippen LogP contribution in [0.5, 0.6) is 5.75 Å². The normalized spacial score (nSPS) is 11.1. The van der Waals surface area contributed by atoms with Gasteiger partial charge in [0.2, 0.25) is 0 Å². The standard InChI is InChI=1S/C13H11NO5S/c15-12-7-2-1-6-11(12)13(16)14-9-4-3-5-10(8-9)20(17,18)19/h1-8,15H,(H,14,16)(H,17,18,19). The molecule has 0 aliphatic rings. The minimum absolute atomic E-state index is 0.0600. The third kappa shape index (κ3) is 3.14. The summed E-state index contributed by atoms with van der Waals surface area (Å²) < 4.78 is 30.9. The fourth-order valence-corrected chi connectivity index (χ4v) is 2.12. The van der Waals surface area contributed by atoms with Gasteiger partial charge < -0.3 is 10.4 Å². The van der Waals surface area contributed by atoms with Gasteiger partial charge in [0, 0.05) is 5.69 Å². The molecular formula is C13H11NO5S. The molecule has 0 aliphatic carbocycles. The van der Waals surface area contributed by atoms with Crippen molar-refractivity contribution in [2.45, 2.75) is 4.90 Å². The zero-order valence-electron chi connectivity index (χ0n) is 10.1. The van der Waals surface area contributed by atoms with Crippen molar-refractivity contribution in [2.75, 3.05) is 5.32 Å². The molecule has 0 aromatic heterocycles. The Bertz CT molecular complexity index is 755. The molecule has 0 atom stereocenters. The van der Waals surface area contributed by atoms with Gasteiger partial charge in [-0.2, -0.15) is 8.42 Å². The molecule has 6 nitrogen and oxygen atoms in total. The van der Waals surface area contributed by atoms with Crippen molar-refractivity contribution in [3.8, 4) is 5.75 Å². The van der Waals surface area contributed by atoms with Crippen molar-refractivity contribution < 1.29 is 22.9 Å². The Morgan fingerprint density at radius 2 is 1.75 bits per heavy atom. The molecule has 0 bridgehead atoms. The number of rotatable bonds is 3. The van der Waals surface area contributed by atoms with Gasteiger partial charge in [-0.15, -0.1) is 0 Å². The van der Waals surface area contributed by atoms with Crippen LogP contribution in [-0.2, 0) is 10.1 Å². The first kappa shape index (κ1) is 14.0. The molecule has 0 heterocycles. The van der Waals surface area contributed by atoms with E-state index in [4.69, 9.17) is 4.55 Å². The second-order valence-corrected chi connectivity index (χ2v) is 5.40. The lowest BCUT2D eigenvalue weighted by Gasteiger charge is -2.07. The molecule has 3 N–H and O–H groups in total. The number of hydrogen-bond acceptors (Lipinski definition) is 4. The Labute approximate surface area is 115 Å². The van der Waals surface area contributed by atoms with Crippen molar-refractivity contribution in [1.82, 2.24) is 0 Å². The average molecular weight is 293 g/mol. The lowest BCUT2D eigenvalue weighted by molar-refractivity contribution is 0.102. The van der Waals surface area contributed by atoms with E-state index in [1.54, 1.807) is 12.1 Å². The maximum Gasteiger partial charge on any atom is 0.294 e. The maximum absolute atomic E-state index is 11.9. The zero-order valence-corrected chi connectivity index (χ0v) is 11.0. The lowest BCUT2D eigenvalue weighted by atomic mass is 10.2. The van der Waals surface area contributed by atoms with Crippen LogP contribution in [0.2, 0.25) is 0 Å². The minimum atomic E-state index is -4.33. The van der Waals surface area contributed by atoms with E-state index in [1.165, 1.54) is 30.3 Å². The number of para-hydroxylation sites is 1. The highest BCUT2D eigenvalue weighted by atomic mass is 32.2. The summed E-state index contributed by atoms with van der Waals surface area (Å²) in [6.45, 7) is 0. The molecule has 0 saturated carbocycles. The second-order valence-electron chi connectivity index (χ2n) is 3.97. The number of carbonyl (C=O) groups is 1. The van der Waals surface area contributed by atoms with Crippen LogP contribution in [0.3, 0.4) is 0 Å². The number of aromatic hydroxyl groups is 1. The molecule has 0 fully saturated rings. The number of phenols is 1. The summed E-state index contributed by atoms with van der Waals surface area (Å²) in [4.78, 5) is 11.6. The Morgan fingerprint density at radius 1 is 1.05 bits per heavy atom. The first-order valence-electron chi connectivity index (χ1n) is 5.55. The molecule has 0 unspecified atom stereocenters. The predicted octanol–water partition coefficient (Wildman–Crippen LogP) is 1.89. The monoisotopic (exact) mass is 293 g/mol. The number of phenolic OH excluding ortho intramolecular Hbond substituents is 1. The lowest BCUT2D eigenvalue weighted by Crippen LogP contribution is -2.12. The van der Waals surface area contributed by atoms with E-state index in [0.717, 1.165) is 6.07 Å². The van der Waals surface area contributed by atoms with Crippen LogP contribution in [0, 0.1) is 0 Å². The van der Waals surface area contributed by atoms with Gasteiger partial charge in [0.25, 0.3) is 16.0 Å². The van der Waals surface area contributed by atoms with Gasteiger partial charge in [-0.25, -0.2) is 0 Å². The van der Waals surface area contributed by atoms with Gasteiger partial charge >= 0.3 is 0 Å². The van der Waals surface area contributed by atoms with E-state index in [-0.39, 0.29) is 21.9 Å². The summed E-state index contributed by atoms with van der Waals surface area (Å²) in [6, 6.07) is 11.1. The predicted molar refractivity (Wildman–Crippen MR) is 72.3 cm³/mol. The number of carbonyl (C=O) groups excluding carboxylic acids is 1. The quantitative estimate of drug-likeness (QED) is 0.750. The molecular weight excluding hydrogens is 282 g/mol. The van der Waals surface area contributed by atoms with Gasteiger partial charge in [0.15, 0.2) is 0 Å². The first-order chi connectivity index (χ1) is 9.38. The number of nitrogens with one attached hydrogen (secondary N) is 1. The Morgan fingerprint density at radius 3 is 2.40 bits per heavy atom. The summed E-state index contributed by atoms with van der Waals surface area (Å²) >= 11 is 0. The van der Waals surface area contributed by atoms with Gasteiger partial charge in [0.1, 0.15) is 5.75 Å². The molecule has 1 amide bonds. The molecule has 0 aliphatic heterocycles. The topological polar surface area (TPSA) is 104 Å². The van der Waals surface area contributed by atoms with Gasteiger partial charge in [-0.1, -0.05) is 18.2 Å². The summed E-state index contributed by atoms with van der Waals surface area (Å²) in [5.74, 6) is -0.772. The van der Waals surface area contributed by atoms with Gasteiger partial charge in [-0.3, -0.25) is 9.35 Å². The Kier molecular flexibility index (Phi) is 3.73. The zero-order chi connectivity index (χ0) is 14.8. The third-order valence-corrected chi connectivity index (χ3v) is 3.39. The molecule has 20 heavy (non-hydrogen) atoms.